The minimum Gasteiger partial charge on any atom is -0.387 e. The lowest BCUT2D eigenvalue weighted by Gasteiger charge is -2.14. The Morgan fingerprint density at radius 1 is 1.36 bits per heavy atom. The summed E-state index contributed by atoms with van der Waals surface area (Å²) in [5.41, 5.74) is 4.71. The highest BCUT2D eigenvalue weighted by Crippen LogP contribution is 2.22. The highest BCUT2D eigenvalue weighted by Gasteiger charge is 2.23. The first kappa shape index (κ1) is 16.0. The quantitative estimate of drug-likeness (QED) is 0.724. The molecular weight excluding hydrogens is 336 g/mol. The highest BCUT2D eigenvalue weighted by atomic mass is 32.1. The van der Waals surface area contributed by atoms with Crippen LogP contribution in [0.1, 0.15) is 31.2 Å². The maximum atomic E-state index is 12.2. The third-order valence-corrected chi connectivity index (χ3v) is 5.06. The van der Waals surface area contributed by atoms with Gasteiger partial charge in [-0.2, -0.15) is 0 Å². The van der Waals surface area contributed by atoms with E-state index in [9.17, 15) is 9.90 Å². The summed E-state index contributed by atoms with van der Waals surface area (Å²) in [5, 5.41) is 15.9. The molecule has 1 aliphatic heterocycles. The molecule has 0 bridgehead atoms. The highest BCUT2D eigenvalue weighted by molar-refractivity contribution is 7.16. The molecule has 0 radical (unpaired) electrons. The third-order valence-electron chi connectivity index (χ3n) is 4.27. The molecule has 25 heavy (non-hydrogen) atoms. The van der Waals surface area contributed by atoms with E-state index in [1.165, 1.54) is 0 Å². The Morgan fingerprint density at radius 3 is 3.20 bits per heavy atom. The summed E-state index contributed by atoms with van der Waals surface area (Å²) < 4.78 is 1.07. The number of nitrogens with one attached hydrogen (secondary N) is 2. The molecule has 2 aromatic rings. The lowest BCUT2D eigenvalue weighted by molar-refractivity contribution is -0.115. The van der Waals surface area contributed by atoms with E-state index in [0.29, 0.717) is 17.4 Å². The van der Waals surface area contributed by atoms with E-state index in [2.05, 4.69) is 20.6 Å². The van der Waals surface area contributed by atoms with Crippen molar-refractivity contribution in [3.63, 3.8) is 0 Å². The van der Waals surface area contributed by atoms with Crippen molar-refractivity contribution in [1.82, 2.24) is 15.6 Å². The fourth-order valence-corrected chi connectivity index (χ4v) is 3.67. The molecule has 0 saturated heterocycles. The SMILES string of the molecule is O=C1NC(NC2=CCCCC[C@H]2O)=N/C1=C\c1ccc2ncsc2c1. The van der Waals surface area contributed by atoms with Crippen LogP contribution in [-0.2, 0) is 4.79 Å². The lowest BCUT2D eigenvalue weighted by atomic mass is 10.1. The topological polar surface area (TPSA) is 86.6 Å². The van der Waals surface area contributed by atoms with Crippen LogP contribution in [0.25, 0.3) is 16.3 Å². The van der Waals surface area contributed by atoms with E-state index in [0.717, 1.165) is 41.5 Å². The van der Waals surface area contributed by atoms with Gasteiger partial charge in [-0.05, 0) is 43.0 Å². The van der Waals surface area contributed by atoms with E-state index >= 15 is 0 Å². The summed E-state index contributed by atoms with van der Waals surface area (Å²) >= 11 is 1.56. The maximum Gasteiger partial charge on any atom is 0.276 e. The maximum absolute atomic E-state index is 12.2. The molecule has 1 aromatic carbocycles. The Kier molecular flexibility index (Phi) is 4.33. The fraction of sp³-hybridized carbons (Fsp3) is 0.278. The van der Waals surface area contributed by atoms with Crippen LogP contribution in [0.4, 0.5) is 0 Å². The molecule has 128 valence electrons. The van der Waals surface area contributed by atoms with E-state index in [1.54, 1.807) is 22.9 Å². The summed E-state index contributed by atoms with van der Waals surface area (Å²) in [6, 6.07) is 5.84. The van der Waals surface area contributed by atoms with Crippen molar-refractivity contribution in [3.8, 4) is 0 Å². The Bertz CT molecular complexity index is 913. The Labute approximate surface area is 149 Å². The number of aliphatic hydroxyl groups excluding tert-OH is 1. The van der Waals surface area contributed by atoms with Crippen molar-refractivity contribution >= 4 is 39.5 Å². The van der Waals surface area contributed by atoms with Gasteiger partial charge in [-0.1, -0.05) is 18.6 Å². The van der Waals surface area contributed by atoms with Gasteiger partial charge in [-0.25, -0.2) is 9.98 Å². The molecule has 1 amide bonds. The van der Waals surface area contributed by atoms with Gasteiger partial charge in [0.25, 0.3) is 5.91 Å². The zero-order valence-corrected chi connectivity index (χ0v) is 14.3. The zero-order chi connectivity index (χ0) is 17.2. The summed E-state index contributed by atoms with van der Waals surface area (Å²) in [7, 11) is 0. The first-order valence-corrected chi connectivity index (χ1v) is 9.17. The number of aromatic nitrogens is 1. The van der Waals surface area contributed by atoms with Gasteiger partial charge in [0.05, 0.1) is 21.8 Å². The number of carbonyl (C=O) groups is 1. The predicted molar refractivity (Wildman–Crippen MR) is 98.9 cm³/mol. The fourth-order valence-electron chi connectivity index (χ4n) is 2.95. The number of carbonyl (C=O) groups excluding carboxylic acids is 1. The van der Waals surface area contributed by atoms with E-state index < -0.39 is 6.10 Å². The van der Waals surface area contributed by atoms with Crippen LogP contribution in [0.15, 0.2) is 46.2 Å². The molecule has 0 spiro atoms. The van der Waals surface area contributed by atoms with Crippen molar-refractivity contribution in [3.05, 3.63) is 46.7 Å². The first-order chi connectivity index (χ1) is 12.2. The molecular formula is C18H18N4O2S. The molecule has 2 aliphatic rings. The van der Waals surface area contributed by atoms with Gasteiger partial charge in [0.15, 0.2) is 0 Å². The molecule has 7 heteroatoms. The Morgan fingerprint density at radius 2 is 2.28 bits per heavy atom. The van der Waals surface area contributed by atoms with Gasteiger partial charge in [-0.3, -0.25) is 10.1 Å². The molecule has 0 fully saturated rings. The molecule has 4 rings (SSSR count). The summed E-state index contributed by atoms with van der Waals surface area (Å²) in [6.45, 7) is 0. The molecule has 3 N–H and O–H groups in total. The number of guanidine groups is 1. The first-order valence-electron chi connectivity index (χ1n) is 8.29. The number of thiazole rings is 1. The monoisotopic (exact) mass is 354 g/mol. The number of aliphatic imine (C=N–C) groups is 1. The van der Waals surface area contributed by atoms with Crippen LogP contribution >= 0.6 is 11.3 Å². The summed E-state index contributed by atoms with van der Waals surface area (Å²) in [5.74, 6) is 0.109. The predicted octanol–water partition coefficient (Wildman–Crippen LogP) is 2.53. The van der Waals surface area contributed by atoms with Gasteiger partial charge in [-0.15, -0.1) is 11.3 Å². The van der Waals surface area contributed by atoms with Gasteiger partial charge in [0, 0.05) is 5.70 Å². The molecule has 1 aliphatic carbocycles. The Hall–Kier alpha value is -2.51. The van der Waals surface area contributed by atoms with Crippen LogP contribution in [0.2, 0.25) is 0 Å². The molecule has 0 unspecified atom stereocenters. The smallest absolute Gasteiger partial charge is 0.276 e. The van der Waals surface area contributed by atoms with E-state index in [-0.39, 0.29) is 5.91 Å². The molecule has 0 saturated carbocycles. The third kappa shape index (κ3) is 3.47. The van der Waals surface area contributed by atoms with Gasteiger partial charge in [0.1, 0.15) is 5.70 Å². The van der Waals surface area contributed by atoms with Crippen molar-refractivity contribution < 1.29 is 9.90 Å². The van der Waals surface area contributed by atoms with Gasteiger partial charge < -0.3 is 10.4 Å². The molecule has 2 heterocycles. The van der Waals surface area contributed by atoms with Crippen LogP contribution in [0.5, 0.6) is 0 Å². The van der Waals surface area contributed by atoms with Crippen LogP contribution < -0.4 is 10.6 Å². The standard InChI is InChI=1S/C18H18N4O2S/c23-15-5-3-1-2-4-12(15)20-18-21-14(17(24)22-18)8-11-6-7-13-16(9-11)25-10-19-13/h4,6-10,15,23H,1-3,5H2,(H2,20,21,22,24)/b14-8-/t15-/m1/s1. The minimum absolute atomic E-state index is 0.254. The second-order valence-corrected chi connectivity index (χ2v) is 6.99. The number of allylic oxidation sites excluding steroid dienone is 1. The van der Waals surface area contributed by atoms with Crippen molar-refractivity contribution in [1.29, 1.82) is 0 Å². The second-order valence-electron chi connectivity index (χ2n) is 6.11. The van der Waals surface area contributed by atoms with Gasteiger partial charge >= 0.3 is 0 Å². The normalized spacial score (nSPS) is 22.5. The van der Waals surface area contributed by atoms with Crippen LogP contribution in [0, 0.1) is 0 Å². The van der Waals surface area contributed by atoms with Gasteiger partial charge in [0.2, 0.25) is 5.96 Å². The molecule has 1 aromatic heterocycles. The Balaban J connectivity index is 1.56. The average Bonchev–Trinajstić information content (AvgIpc) is 3.13. The molecule has 6 nitrogen and oxygen atoms in total. The van der Waals surface area contributed by atoms with E-state index in [4.69, 9.17) is 0 Å². The number of fused-ring (bicyclic) bond motifs is 1. The minimum atomic E-state index is -0.538. The summed E-state index contributed by atoms with van der Waals surface area (Å²) in [4.78, 5) is 20.8. The van der Waals surface area contributed by atoms with Crippen molar-refractivity contribution in [2.24, 2.45) is 4.99 Å². The lowest BCUT2D eigenvalue weighted by Crippen LogP contribution is -2.38. The number of amides is 1. The zero-order valence-electron chi connectivity index (χ0n) is 13.5. The number of aliphatic hydroxyl groups is 1. The van der Waals surface area contributed by atoms with Crippen LogP contribution in [0.3, 0.4) is 0 Å². The second kappa shape index (κ2) is 6.78. The number of hydrogen-bond donors (Lipinski definition) is 3. The number of rotatable bonds is 2. The average molecular weight is 354 g/mol. The molecule has 1 atom stereocenters. The number of benzene rings is 1. The number of nitrogens with zero attached hydrogens (tertiary/aromatic N) is 2. The number of hydrogen-bond acceptors (Lipinski definition) is 6. The van der Waals surface area contributed by atoms with Crippen molar-refractivity contribution in [2.45, 2.75) is 31.8 Å². The van der Waals surface area contributed by atoms with E-state index in [1.807, 2.05) is 24.3 Å². The van der Waals surface area contributed by atoms with Crippen LogP contribution in [-0.4, -0.2) is 28.1 Å². The van der Waals surface area contributed by atoms with Crippen molar-refractivity contribution in [2.75, 3.05) is 0 Å². The summed E-state index contributed by atoms with van der Waals surface area (Å²) in [6.07, 6.45) is 6.88. The largest absolute Gasteiger partial charge is 0.387 e.